The first-order valence-electron chi connectivity index (χ1n) is 17.6. The maximum absolute atomic E-state index is 14.5. The number of nitrogens with zero attached hydrogens (tertiary/aromatic N) is 5. The van der Waals surface area contributed by atoms with Gasteiger partial charge in [-0.05, 0) is 78.8 Å². The summed E-state index contributed by atoms with van der Waals surface area (Å²) in [5, 5.41) is 6.66. The van der Waals surface area contributed by atoms with Crippen LogP contribution in [0, 0.1) is 11.2 Å². The number of hydrogen-bond donors (Lipinski definition) is 2. The molecule has 0 saturated heterocycles. The Kier molecular flexibility index (Phi) is 9.26. The Morgan fingerprint density at radius 2 is 1.76 bits per heavy atom. The zero-order valence-electron chi connectivity index (χ0n) is 28.9. The van der Waals surface area contributed by atoms with E-state index >= 15 is 0 Å². The number of carbonyl (C=O) groups excluding carboxylic acids is 1. The molecule has 2 aliphatic rings. The number of benzene rings is 2. The van der Waals surface area contributed by atoms with E-state index in [0.717, 1.165) is 68.1 Å². The summed E-state index contributed by atoms with van der Waals surface area (Å²) in [6.07, 6.45) is 8.09. The molecule has 260 valence electrons. The van der Waals surface area contributed by atoms with Crippen molar-refractivity contribution in [3.05, 3.63) is 111 Å². The minimum Gasteiger partial charge on any atom is -0.348 e. The van der Waals surface area contributed by atoms with E-state index in [9.17, 15) is 18.8 Å². The van der Waals surface area contributed by atoms with E-state index in [2.05, 4.69) is 70.2 Å². The topological polar surface area (TPSA) is 116 Å². The molecule has 1 fully saturated rings. The monoisotopic (exact) mass is 677 g/mol. The molecule has 4 heterocycles. The number of pyridine rings is 1. The average molecular weight is 678 g/mol. The van der Waals surface area contributed by atoms with Gasteiger partial charge >= 0.3 is 5.69 Å². The summed E-state index contributed by atoms with van der Waals surface area (Å²) in [6.45, 7) is 9.15. The summed E-state index contributed by atoms with van der Waals surface area (Å²) in [5.41, 5.74) is 3.24. The number of nitrogens with one attached hydrogen (secondary N) is 2. The van der Waals surface area contributed by atoms with Crippen LogP contribution >= 0.6 is 0 Å². The van der Waals surface area contributed by atoms with Gasteiger partial charge in [0.05, 0.1) is 17.3 Å². The standard InChI is InChI=1S/C39H44FN7O3/c1-39(2,3)24-41-21-25-10-12-26(13-11-25)27-7-6-8-31(19-27)46-35-32(20-28(40)22-42-35)37(49)47(38(46)50)30-16-14-29(15-17-30)43-36(48)33-23-45-18-5-4-9-34(45)44-33/h6-8,10-13,19-20,22-23,29-30,41H,4-5,9,14-18,21,24H2,1-3H3,(H,43,48)/t29-,30+. The number of rotatable bonds is 8. The lowest BCUT2D eigenvalue weighted by Gasteiger charge is -2.30. The Balaban J connectivity index is 1.14. The molecular formula is C39H44FN7O3. The lowest BCUT2D eigenvalue weighted by molar-refractivity contribution is 0.0917. The molecule has 50 heavy (non-hydrogen) atoms. The van der Waals surface area contributed by atoms with Crippen molar-refractivity contribution in [1.82, 2.24) is 34.3 Å². The van der Waals surface area contributed by atoms with Crippen LogP contribution in [-0.2, 0) is 19.5 Å². The van der Waals surface area contributed by atoms with Crippen molar-refractivity contribution in [3.8, 4) is 16.8 Å². The van der Waals surface area contributed by atoms with E-state index in [4.69, 9.17) is 0 Å². The average Bonchev–Trinajstić information content (AvgIpc) is 3.54. The van der Waals surface area contributed by atoms with Gasteiger partial charge in [0.2, 0.25) is 0 Å². The van der Waals surface area contributed by atoms with Gasteiger partial charge in [-0.1, -0.05) is 57.2 Å². The number of aryl methyl sites for hydroxylation is 2. The van der Waals surface area contributed by atoms with Gasteiger partial charge in [-0.3, -0.25) is 14.2 Å². The summed E-state index contributed by atoms with van der Waals surface area (Å²) < 4.78 is 19.3. The highest BCUT2D eigenvalue weighted by Crippen LogP contribution is 2.29. The summed E-state index contributed by atoms with van der Waals surface area (Å²) in [6, 6.07) is 16.5. The van der Waals surface area contributed by atoms with Crippen LogP contribution < -0.4 is 21.9 Å². The van der Waals surface area contributed by atoms with Crippen LogP contribution in [0.15, 0.2) is 76.6 Å². The van der Waals surface area contributed by atoms with Crippen molar-refractivity contribution >= 4 is 16.9 Å². The third-order valence-electron chi connectivity index (χ3n) is 9.81. The fraction of sp³-hybridized carbons (Fsp3) is 0.410. The van der Waals surface area contributed by atoms with Crippen LogP contribution in [0.2, 0.25) is 0 Å². The van der Waals surface area contributed by atoms with Crippen molar-refractivity contribution in [2.75, 3.05) is 6.54 Å². The first kappa shape index (κ1) is 33.6. The van der Waals surface area contributed by atoms with Crippen LogP contribution in [0.1, 0.15) is 87.2 Å². The van der Waals surface area contributed by atoms with Gasteiger partial charge in [0.15, 0.2) is 5.65 Å². The lowest BCUT2D eigenvalue weighted by Crippen LogP contribution is -2.45. The number of halogens is 1. The van der Waals surface area contributed by atoms with E-state index in [0.29, 0.717) is 37.1 Å². The Morgan fingerprint density at radius 3 is 2.50 bits per heavy atom. The smallest absolute Gasteiger partial charge is 0.337 e. The van der Waals surface area contributed by atoms with Crippen LogP contribution in [0.5, 0.6) is 0 Å². The highest BCUT2D eigenvalue weighted by Gasteiger charge is 2.29. The molecule has 0 spiro atoms. The normalized spacial score (nSPS) is 17.8. The number of aromatic nitrogens is 5. The molecule has 2 N–H and O–H groups in total. The van der Waals surface area contributed by atoms with Crippen LogP contribution in [0.25, 0.3) is 27.8 Å². The number of hydrogen-bond acceptors (Lipinski definition) is 6. The molecule has 11 heteroatoms. The van der Waals surface area contributed by atoms with E-state index < -0.39 is 23.1 Å². The highest BCUT2D eigenvalue weighted by atomic mass is 19.1. The Bertz CT molecular complexity index is 2130. The van der Waals surface area contributed by atoms with Crippen molar-refractivity contribution in [3.63, 3.8) is 0 Å². The van der Waals surface area contributed by atoms with Crippen molar-refractivity contribution in [2.24, 2.45) is 5.41 Å². The molecule has 0 bridgehead atoms. The van der Waals surface area contributed by atoms with Gasteiger partial charge in [0.1, 0.15) is 17.3 Å². The van der Waals surface area contributed by atoms with Gasteiger partial charge in [0.25, 0.3) is 11.5 Å². The molecule has 0 atom stereocenters. The second kappa shape index (κ2) is 13.8. The number of amides is 1. The fourth-order valence-corrected chi connectivity index (χ4v) is 7.22. The van der Waals surface area contributed by atoms with E-state index in [-0.39, 0.29) is 28.4 Å². The molecule has 5 aromatic rings. The SMILES string of the molecule is CC(C)(C)CNCc1ccc(-c2cccc(-n3c(=O)n([C@H]4CC[C@@H](NC(=O)c5cn6c(n5)CCCC6)CC4)c(=O)c4cc(F)cnc43)c2)cc1. The Labute approximate surface area is 290 Å². The predicted octanol–water partition coefficient (Wildman–Crippen LogP) is 5.94. The van der Waals surface area contributed by atoms with Crippen molar-refractivity contribution in [1.29, 1.82) is 0 Å². The first-order chi connectivity index (χ1) is 24.0. The fourth-order valence-electron chi connectivity index (χ4n) is 7.22. The zero-order valence-corrected chi connectivity index (χ0v) is 28.9. The van der Waals surface area contributed by atoms with Gasteiger partial charge in [-0.2, -0.15) is 0 Å². The van der Waals surface area contributed by atoms with Gasteiger partial charge in [0, 0.05) is 44.3 Å². The van der Waals surface area contributed by atoms with E-state index in [1.54, 1.807) is 6.07 Å². The van der Waals surface area contributed by atoms with E-state index in [1.807, 2.05) is 24.4 Å². The van der Waals surface area contributed by atoms with E-state index in [1.165, 1.54) is 14.7 Å². The van der Waals surface area contributed by atoms with Gasteiger partial charge in [-0.25, -0.2) is 23.7 Å². The summed E-state index contributed by atoms with van der Waals surface area (Å²) in [5.74, 6) is 0.101. The minimum atomic E-state index is -0.649. The molecule has 7 rings (SSSR count). The molecule has 1 aliphatic carbocycles. The number of imidazole rings is 1. The number of carbonyl (C=O) groups is 1. The minimum absolute atomic E-state index is 0.0429. The quantitative estimate of drug-likeness (QED) is 0.210. The molecule has 2 aromatic carbocycles. The second-order valence-electron chi connectivity index (χ2n) is 14.9. The molecule has 0 radical (unpaired) electrons. The summed E-state index contributed by atoms with van der Waals surface area (Å²) in [4.78, 5) is 50.0. The Morgan fingerprint density at radius 1 is 0.980 bits per heavy atom. The lowest BCUT2D eigenvalue weighted by atomic mass is 9.90. The predicted molar refractivity (Wildman–Crippen MR) is 192 cm³/mol. The molecule has 3 aromatic heterocycles. The van der Waals surface area contributed by atoms with Crippen LogP contribution in [-0.4, -0.2) is 42.2 Å². The number of fused-ring (bicyclic) bond motifs is 2. The van der Waals surface area contributed by atoms with Gasteiger partial charge in [-0.15, -0.1) is 0 Å². The largest absolute Gasteiger partial charge is 0.348 e. The molecule has 1 amide bonds. The Hall–Kier alpha value is -4.90. The second-order valence-corrected chi connectivity index (χ2v) is 14.9. The summed E-state index contributed by atoms with van der Waals surface area (Å²) in [7, 11) is 0. The van der Waals surface area contributed by atoms with Crippen LogP contribution in [0.4, 0.5) is 4.39 Å². The molecular weight excluding hydrogens is 633 g/mol. The maximum Gasteiger partial charge on any atom is 0.337 e. The molecule has 0 unspecified atom stereocenters. The molecule has 1 saturated carbocycles. The molecule has 1 aliphatic heterocycles. The van der Waals surface area contributed by atoms with Crippen molar-refractivity contribution in [2.45, 2.75) is 90.9 Å². The highest BCUT2D eigenvalue weighted by molar-refractivity contribution is 5.92. The zero-order chi connectivity index (χ0) is 35.0. The molecule has 10 nitrogen and oxygen atoms in total. The first-order valence-corrected chi connectivity index (χ1v) is 17.6. The third kappa shape index (κ3) is 7.05. The van der Waals surface area contributed by atoms with Crippen LogP contribution in [0.3, 0.4) is 0 Å². The third-order valence-corrected chi connectivity index (χ3v) is 9.81. The van der Waals surface area contributed by atoms with Crippen molar-refractivity contribution < 1.29 is 9.18 Å². The summed E-state index contributed by atoms with van der Waals surface area (Å²) >= 11 is 0. The maximum atomic E-state index is 14.5. The van der Waals surface area contributed by atoms with Gasteiger partial charge < -0.3 is 15.2 Å².